The van der Waals surface area contributed by atoms with E-state index in [4.69, 9.17) is 16.9 Å². The molecule has 1 saturated heterocycles. The summed E-state index contributed by atoms with van der Waals surface area (Å²) in [4.78, 5) is 4.74. The van der Waals surface area contributed by atoms with Gasteiger partial charge in [0.05, 0.1) is 16.3 Å². The Morgan fingerprint density at radius 2 is 2.00 bits per heavy atom. The predicted molar refractivity (Wildman–Crippen MR) is 75.1 cm³/mol. The molecule has 0 bridgehead atoms. The Kier molecular flexibility index (Phi) is 4.46. The average Bonchev–Trinajstić information content (AvgIpc) is 2.41. The van der Waals surface area contributed by atoms with Crippen LogP contribution in [0, 0.1) is 11.3 Å². The predicted octanol–water partition coefficient (Wildman–Crippen LogP) is 2.74. The molecule has 2 rings (SSSR count). The van der Waals surface area contributed by atoms with Crippen molar-refractivity contribution in [2.45, 2.75) is 13.3 Å². The van der Waals surface area contributed by atoms with E-state index in [1.165, 1.54) is 13.0 Å². The highest BCUT2D eigenvalue weighted by molar-refractivity contribution is 6.34. The normalized spacial score (nSPS) is 16.6. The number of hydrogen-bond donors (Lipinski definition) is 0. The van der Waals surface area contributed by atoms with Crippen molar-refractivity contribution in [3.63, 3.8) is 0 Å². The van der Waals surface area contributed by atoms with Gasteiger partial charge in [-0.25, -0.2) is 0 Å². The standard InChI is InChI=1S/C14H18ClN3/c1-2-6-17-7-9-18(10-8-17)13-5-3-4-12(11-16)14(13)15/h3-5H,2,6-10H2,1H3. The third kappa shape index (κ3) is 2.77. The summed E-state index contributed by atoms with van der Waals surface area (Å²) in [7, 11) is 0. The summed E-state index contributed by atoms with van der Waals surface area (Å²) in [5, 5.41) is 9.58. The zero-order chi connectivity index (χ0) is 13.0. The molecule has 1 aromatic carbocycles. The Morgan fingerprint density at radius 3 is 2.61 bits per heavy atom. The molecule has 0 spiro atoms. The van der Waals surface area contributed by atoms with Crippen LogP contribution in [0.4, 0.5) is 5.69 Å². The van der Waals surface area contributed by atoms with Gasteiger partial charge in [0.15, 0.2) is 0 Å². The zero-order valence-electron chi connectivity index (χ0n) is 10.7. The molecule has 0 unspecified atom stereocenters. The number of rotatable bonds is 3. The van der Waals surface area contributed by atoms with E-state index in [1.54, 1.807) is 6.07 Å². The molecule has 1 fully saturated rings. The number of anilines is 1. The monoisotopic (exact) mass is 263 g/mol. The van der Waals surface area contributed by atoms with E-state index in [2.05, 4.69) is 22.8 Å². The van der Waals surface area contributed by atoms with Crippen molar-refractivity contribution in [1.82, 2.24) is 4.90 Å². The summed E-state index contributed by atoms with van der Waals surface area (Å²) >= 11 is 6.26. The van der Waals surface area contributed by atoms with Crippen molar-refractivity contribution in [2.75, 3.05) is 37.6 Å². The lowest BCUT2D eigenvalue weighted by molar-refractivity contribution is 0.258. The number of hydrogen-bond acceptors (Lipinski definition) is 3. The van der Waals surface area contributed by atoms with Gasteiger partial charge in [-0.05, 0) is 25.1 Å². The second-order valence-corrected chi connectivity index (χ2v) is 4.96. The third-order valence-corrected chi connectivity index (χ3v) is 3.75. The Hall–Kier alpha value is -1.24. The molecule has 0 aromatic heterocycles. The molecular weight excluding hydrogens is 246 g/mol. The number of piperazine rings is 1. The van der Waals surface area contributed by atoms with E-state index in [9.17, 15) is 0 Å². The summed E-state index contributed by atoms with van der Waals surface area (Å²) in [6, 6.07) is 7.80. The number of benzene rings is 1. The van der Waals surface area contributed by atoms with Gasteiger partial charge in [-0.1, -0.05) is 24.6 Å². The molecular formula is C14H18ClN3. The summed E-state index contributed by atoms with van der Waals surface area (Å²) in [5.74, 6) is 0. The summed E-state index contributed by atoms with van der Waals surface area (Å²) < 4.78 is 0. The zero-order valence-corrected chi connectivity index (χ0v) is 11.5. The van der Waals surface area contributed by atoms with Crippen LogP contribution in [0.3, 0.4) is 0 Å². The van der Waals surface area contributed by atoms with Crippen molar-refractivity contribution >= 4 is 17.3 Å². The van der Waals surface area contributed by atoms with Gasteiger partial charge in [-0.3, -0.25) is 4.90 Å². The third-order valence-electron chi connectivity index (χ3n) is 3.35. The second kappa shape index (κ2) is 6.08. The fourth-order valence-electron chi connectivity index (χ4n) is 2.38. The van der Waals surface area contributed by atoms with Gasteiger partial charge < -0.3 is 4.90 Å². The van der Waals surface area contributed by atoms with Gasteiger partial charge in [0.2, 0.25) is 0 Å². The Balaban J connectivity index is 2.08. The molecule has 4 heteroatoms. The Morgan fingerprint density at radius 1 is 1.28 bits per heavy atom. The SMILES string of the molecule is CCCN1CCN(c2cccc(C#N)c2Cl)CC1. The maximum absolute atomic E-state index is 8.99. The first-order valence-corrected chi connectivity index (χ1v) is 6.80. The van der Waals surface area contributed by atoms with E-state index in [0.717, 1.165) is 31.9 Å². The van der Waals surface area contributed by atoms with Crippen molar-refractivity contribution in [2.24, 2.45) is 0 Å². The van der Waals surface area contributed by atoms with E-state index in [0.29, 0.717) is 10.6 Å². The van der Waals surface area contributed by atoms with Crippen LogP contribution >= 0.6 is 11.6 Å². The summed E-state index contributed by atoms with van der Waals surface area (Å²) in [6.07, 6.45) is 1.20. The highest BCUT2D eigenvalue weighted by Gasteiger charge is 2.19. The molecule has 0 N–H and O–H groups in total. The fraction of sp³-hybridized carbons (Fsp3) is 0.500. The van der Waals surface area contributed by atoms with Crippen LogP contribution < -0.4 is 4.90 Å². The van der Waals surface area contributed by atoms with E-state index >= 15 is 0 Å². The van der Waals surface area contributed by atoms with Gasteiger partial charge in [-0.15, -0.1) is 0 Å². The molecule has 0 radical (unpaired) electrons. The first kappa shape index (κ1) is 13.2. The molecule has 1 heterocycles. The van der Waals surface area contributed by atoms with Crippen molar-refractivity contribution < 1.29 is 0 Å². The van der Waals surface area contributed by atoms with Crippen molar-refractivity contribution in [3.05, 3.63) is 28.8 Å². The fourth-order valence-corrected chi connectivity index (χ4v) is 2.67. The van der Waals surface area contributed by atoms with Crippen LogP contribution in [0.25, 0.3) is 0 Å². The smallest absolute Gasteiger partial charge is 0.101 e. The number of nitriles is 1. The molecule has 0 aliphatic carbocycles. The topological polar surface area (TPSA) is 30.3 Å². The van der Waals surface area contributed by atoms with Gasteiger partial charge in [0.25, 0.3) is 0 Å². The van der Waals surface area contributed by atoms with Crippen LogP contribution in [0.5, 0.6) is 0 Å². The quantitative estimate of drug-likeness (QED) is 0.840. The lowest BCUT2D eigenvalue weighted by Crippen LogP contribution is -2.46. The largest absolute Gasteiger partial charge is 0.368 e. The van der Waals surface area contributed by atoms with Crippen molar-refractivity contribution in [3.8, 4) is 6.07 Å². The molecule has 0 atom stereocenters. The van der Waals surface area contributed by atoms with Gasteiger partial charge in [-0.2, -0.15) is 5.26 Å². The summed E-state index contributed by atoms with van der Waals surface area (Å²) in [5.41, 5.74) is 1.55. The minimum absolute atomic E-state index is 0.560. The van der Waals surface area contributed by atoms with Crippen LogP contribution in [-0.2, 0) is 0 Å². The van der Waals surface area contributed by atoms with E-state index < -0.39 is 0 Å². The van der Waals surface area contributed by atoms with Crippen LogP contribution in [0.1, 0.15) is 18.9 Å². The maximum Gasteiger partial charge on any atom is 0.101 e. The van der Waals surface area contributed by atoms with Crippen LogP contribution in [0.2, 0.25) is 5.02 Å². The van der Waals surface area contributed by atoms with E-state index in [-0.39, 0.29) is 0 Å². The lowest BCUT2D eigenvalue weighted by atomic mass is 10.2. The van der Waals surface area contributed by atoms with Gasteiger partial charge in [0.1, 0.15) is 6.07 Å². The van der Waals surface area contributed by atoms with Gasteiger partial charge >= 0.3 is 0 Å². The Labute approximate surface area is 114 Å². The molecule has 1 aliphatic heterocycles. The van der Waals surface area contributed by atoms with Crippen molar-refractivity contribution in [1.29, 1.82) is 5.26 Å². The molecule has 0 amide bonds. The minimum Gasteiger partial charge on any atom is -0.368 e. The molecule has 0 saturated carbocycles. The average molecular weight is 264 g/mol. The maximum atomic E-state index is 8.99. The number of halogens is 1. The lowest BCUT2D eigenvalue weighted by Gasteiger charge is -2.36. The van der Waals surface area contributed by atoms with E-state index in [1.807, 2.05) is 12.1 Å². The molecule has 96 valence electrons. The van der Waals surface area contributed by atoms with Crippen LogP contribution in [0.15, 0.2) is 18.2 Å². The Bertz CT molecular complexity index is 445. The van der Waals surface area contributed by atoms with Crippen LogP contribution in [-0.4, -0.2) is 37.6 Å². The second-order valence-electron chi connectivity index (χ2n) is 4.58. The molecule has 18 heavy (non-hydrogen) atoms. The first-order chi connectivity index (χ1) is 8.76. The molecule has 1 aromatic rings. The number of nitrogens with zero attached hydrogens (tertiary/aromatic N) is 3. The first-order valence-electron chi connectivity index (χ1n) is 6.42. The highest BCUT2D eigenvalue weighted by atomic mass is 35.5. The minimum atomic E-state index is 0.560. The molecule has 3 nitrogen and oxygen atoms in total. The van der Waals surface area contributed by atoms with Gasteiger partial charge in [0, 0.05) is 26.2 Å². The highest BCUT2D eigenvalue weighted by Crippen LogP contribution is 2.29. The molecule has 1 aliphatic rings. The summed E-state index contributed by atoms with van der Waals surface area (Å²) in [6.45, 7) is 7.48.